The van der Waals surface area contributed by atoms with Crippen molar-refractivity contribution in [3.8, 4) is 0 Å². The van der Waals surface area contributed by atoms with Crippen molar-refractivity contribution >= 4 is 17.6 Å². The minimum absolute atomic E-state index is 0.224. The van der Waals surface area contributed by atoms with E-state index in [4.69, 9.17) is 16.3 Å². The first-order valence-electron chi connectivity index (χ1n) is 5.65. The second kappa shape index (κ2) is 6.03. The predicted molar refractivity (Wildman–Crippen MR) is 66.9 cm³/mol. The zero-order valence-corrected chi connectivity index (χ0v) is 10.8. The first-order chi connectivity index (χ1) is 8.06. The maximum atomic E-state index is 11.6. The molecule has 0 radical (unpaired) electrons. The monoisotopic (exact) mass is 256 g/mol. The van der Waals surface area contributed by atoms with Crippen LogP contribution in [0.1, 0.15) is 25.8 Å². The fraction of sp³-hybridized carbons (Fsp3) is 0.462. The molecular formula is C13H17ClO3. The zero-order chi connectivity index (χ0) is 12.9. The molecule has 94 valence electrons. The number of rotatable bonds is 5. The lowest BCUT2D eigenvalue weighted by atomic mass is 9.90. The average molecular weight is 257 g/mol. The number of benzene rings is 1. The van der Waals surface area contributed by atoms with Crippen LogP contribution in [-0.2, 0) is 14.4 Å². The molecule has 4 heteroatoms. The third-order valence-electron chi connectivity index (χ3n) is 2.71. The van der Waals surface area contributed by atoms with E-state index in [-0.39, 0.29) is 6.61 Å². The van der Waals surface area contributed by atoms with Crippen molar-refractivity contribution in [3.05, 3.63) is 35.9 Å². The molecular weight excluding hydrogens is 240 g/mol. The number of ether oxygens (including phenoxy) is 1. The van der Waals surface area contributed by atoms with E-state index in [2.05, 4.69) is 0 Å². The van der Waals surface area contributed by atoms with Crippen molar-refractivity contribution in [3.63, 3.8) is 0 Å². The SMILES string of the molecule is CCOC(=O)[C@@H](O)[C@](Cl)(CC)c1ccccc1. The summed E-state index contributed by atoms with van der Waals surface area (Å²) in [6.07, 6.45) is -0.935. The van der Waals surface area contributed by atoms with Gasteiger partial charge in [-0.2, -0.15) is 0 Å². The van der Waals surface area contributed by atoms with Gasteiger partial charge in [-0.05, 0) is 18.9 Å². The number of halogens is 1. The number of hydrogen-bond donors (Lipinski definition) is 1. The Hall–Kier alpha value is -1.06. The molecule has 0 spiro atoms. The molecule has 1 aromatic rings. The van der Waals surface area contributed by atoms with Crippen molar-refractivity contribution in [2.24, 2.45) is 0 Å². The molecule has 0 saturated heterocycles. The fourth-order valence-electron chi connectivity index (χ4n) is 1.68. The van der Waals surface area contributed by atoms with Gasteiger partial charge in [-0.1, -0.05) is 37.3 Å². The van der Waals surface area contributed by atoms with Gasteiger partial charge in [0.2, 0.25) is 0 Å². The number of alkyl halides is 1. The number of carbonyl (C=O) groups excluding carboxylic acids is 1. The van der Waals surface area contributed by atoms with Gasteiger partial charge in [-0.15, -0.1) is 11.6 Å². The van der Waals surface area contributed by atoms with Crippen molar-refractivity contribution in [1.82, 2.24) is 0 Å². The van der Waals surface area contributed by atoms with E-state index in [9.17, 15) is 9.90 Å². The summed E-state index contributed by atoms with van der Waals surface area (Å²) in [5.74, 6) is -0.687. The summed E-state index contributed by atoms with van der Waals surface area (Å²) >= 11 is 6.38. The van der Waals surface area contributed by atoms with Gasteiger partial charge in [0, 0.05) is 0 Å². The summed E-state index contributed by atoms with van der Waals surface area (Å²) in [5, 5.41) is 10.0. The predicted octanol–water partition coefficient (Wildman–Crippen LogP) is 2.45. The molecule has 0 aliphatic rings. The molecule has 3 nitrogen and oxygen atoms in total. The van der Waals surface area contributed by atoms with Crippen molar-refractivity contribution < 1.29 is 14.6 Å². The molecule has 1 aromatic carbocycles. The van der Waals surface area contributed by atoms with Gasteiger partial charge in [-0.3, -0.25) is 0 Å². The Morgan fingerprint density at radius 3 is 2.47 bits per heavy atom. The second-order valence-corrected chi connectivity index (χ2v) is 4.41. The molecule has 0 aliphatic carbocycles. The topological polar surface area (TPSA) is 46.5 Å². The number of carbonyl (C=O) groups is 1. The molecule has 2 atom stereocenters. The van der Waals surface area contributed by atoms with Crippen LogP contribution in [0.5, 0.6) is 0 Å². The molecule has 0 unspecified atom stereocenters. The van der Waals surface area contributed by atoms with E-state index < -0.39 is 16.9 Å². The lowest BCUT2D eigenvalue weighted by molar-refractivity contribution is -0.155. The highest BCUT2D eigenvalue weighted by atomic mass is 35.5. The lowest BCUT2D eigenvalue weighted by Crippen LogP contribution is -2.41. The van der Waals surface area contributed by atoms with Crippen LogP contribution in [0.15, 0.2) is 30.3 Å². The fourth-order valence-corrected chi connectivity index (χ4v) is 1.89. The minimum Gasteiger partial charge on any atom is -0.464 e. The molecule has 0 heterocycles. The van der Waals surface area contributed by atoms with E-state index in [1.54, 1.807) is 19.1 Å². The van der Waals surface area contributed by atoms with Crippen LogP contribution in [0.4, 0.5) is 0 Å². The highest BCUT2D eigenvalue weighted by Crippen LogP contribution is 2.36. The molecule has 0 aromatic heterocycles. The normalized spacial score (nSPS) is 16.0. The highest BCUT2D eigenvalue weighted by molar-refractivity contribution is 6.25. The zero-order valence-electron chi connectivity index (χ0n) is 10.0. The van der Waals surface area contributed by atoms with Crippen LogP contribution in [0, 0.1) is 0 Å². The quantitative estimate of drug-likeness (QED) is 0.650. The average Bonchev–Trinajstić information content (AvgIpc) is 2.38. The molecule has 1 rings (SSSR count). The molecule has 0 aliphatic heterocycles. The summed E-state index contributed by atoms with van der Waals surface area (Å²) in [6, 6.07) is 9.07. The van der Waals surface area contributed by atoms with Gasteiger partial charge in [0.15, 0.2) is 6.10 Å². The Kier molecular flexibility index (Phi) is 4.97. The van der Waals surface area contributed by atoms with Gasteiger partial charge in [-0.25, -0.2) is 4.79 Å². The Balaban J connectivity index is 3.00. The van der Waals surface area contributed by atoms with Gasteiger partial charge in [0.25, 0.3) is 0 Å². The van der Waals surface area contributed by atoms with Crippen molar-refractivity contribution in [2.75, 3.05) is 6.61 Å². The van der Waals surface area contributed by atoms with Crippen LogP contribution in [0.25, 0.3) is 0 Å². The minimum atomic E-state index is -1.36. The summed E-state index contributed by atoms with van der Waals surface area (Å²) in [5.41, 5.74) is 0.713. The van der Waals surface area contributed by atoms with E-state index >= 15 is 0 Å². The molecule has 0 bridgehead atoms. The first kappa shape index (κ1) is 14.0. The molecule has 0 fully saturated rings. The summed E-state index contributed by atoms with van der Waals surface area (Å²) in [4.78, 5) is 10.4. The van der Waals surface area contributed by atoms with Crippen LogP contribution in [0.2, 0.25) is 0 Å². The number of hydrogen-bond acceptors (Lipinski definition) is 3. The third-order valence-corrected chi connectivity index (χ3v) is 3.40. The Bertz CT molecular complexity index is 366. The van der Waals surface area contributed by atoms with Gasteiger partial charge < -0.3 is 9.84 Å². The summed E-state index contributed by atoms with van der Waals surface area (Å²) in [6.45, 7) is 3.73. The maximum Gasteiger partial charge on any atom is 0.337 e. The van der Waals surface area contributed by atoms with E-state index in [1.807, 2.05) is 25.1 Å². The molecule has 17 heavy (non-hydrogen) atoms. The highest BCUT2D eigenvalue weighted by Gasteiger charge is 2.41. The van der Waals surface area contributed by atoms with E-state index in [0.717, 1.165) is 0 Å². The van der Waals surface area contributed by atoms with E-state index in [1.165, 1.54) is 0 Å². The van der Waals surface area contributed by atoms with Crippen LogP contribution >= 0.6 is 11.6 Å². The summed E-state index contributed by atoms with van der Waals surface area (Å²) < 4.78 is 4.80. The Labute approximate surface area is 106 Å². The Morgan fingerprint density at radius 2 is 2.00 bits per heavy atom. The van der Waals surface area contributed by atoms with Crippen LogP contribution in [0.3, 0.4) is 0 Å². The molecule has 0 amide bonds. The smallest absolute Gasteiger partial charge is 0.337 e. The van der Waals surface area contributed by atoms with Gasteiger partial charge in [0.05, 0.1) is 6.61 Å². The Morgan fingerprint density at radius 1 is 1.41 bits per heavy atom. The molecule has 0 saturated carbocycles. The van der Waals surface area contributed by atoms with Crippen molar-refractivity contribution in [2.45, 2.75) is 31.2 Å². The number of aliphatic hydroxyl groups is 1. The summed E-state index contributed by atoms with van der Waals surface area (Å²) in [7, 11) is 0. The number of aliphatic hydroxyl groups excluding tert-OH is 1. The lowest BCUT2D eigenvalue weighted by Gasteiger charge is -2.30. The van der Waals surface area contributed by atoms with Crippen molar-refractivity contribution in [1.29, 1.82) is 0 Å². The first-order valence-corrected chi connectivity index (χ1v) is 6.03. The second-order valence-electron chi connectivity index (χ2n) is 3.74. The van der Waals surface area contributed by atoms with E-state index in [0.29, 0.717) is 12.0 Å². The van der Waals surface area contributed by atoms with Crippen LogP contribution < -0.4 is 0 Å². The van der Waals surface area contributed by atoms with Gasteiger partial charge >= 0.3 is 5.97 Å². The van der Waals surface area contributed by atoms with Crippen LogP contribution in [-0.4, -0.2) is 23.8 Å². The van der Waals surface area contributed by atoms with Gasteiger partial charge in [0.1, 0.15) is 4.87 Å². The largest absolute Gasteiger partial charge is 0.464 e. The maximum absolute atomic E-state index is 11.6. The number of esters is 1. The third kappa shape index (κ3) is 2.99. The molecule has 1 N–H and O–H groups in total. The standard InChI is InChI=1S/C13H17ClO3/c1-3-13(14,10-8-6-5-7-9-10)11(15)12(16)17-4-2/h5-9,11,15H,3-4H2,1-2H3/t11-,13+/m1/s1.